The van der Waals surface area contributed by atoms with E-state index >= 15 is 0 Å². The van der Waals surface area contributed by atoms with Crippen molar-refractivity contribution in [1.82, 2.24) is 5.32 Å². The van der Waals surface area contributed by atoms with Gasteiger partial charge >= 0.3 is 0 Å². The van der Waals surface area contributed by atoms with Crippen LogP contribution in [0.1, 0.15) is 25.3 Å². The topological polar surface area (TPSA) is 87.3 Å². The molecule has 2 aromatic rings. The van der Waals surface area contributed by atoms with Gasteiger partial charge in [0.2, 0.25) is 17.7 Å². The smallest absolute Gasteiger partial charge is 0.240 e. The average Bonchev–Trinajstić information content (AvgIpc) is 3.42. The molecule has 3 N–H and O–H groups in total. The SMILES string of the molecule is CC(=O)Nc1cccc(NC(=O)C2(C(=O)NCc3ccccc3F)CC2)c1. The molecule has 0 unspecified atom stereocenters. The van der Waals surface area contributed by atoms with E-state index in [0.29, 0.717) is 29.8 Å². The molecule has 3 rings (SSSR count). The lowest BCUT2D eigenvalue weighted by Crippen LogP contribution is -2.39. The second kappa shape index (κ2) is 7.57. The number of anilines is 2. The number of benzene rings is 2. The summed E-state index contributed by atoms with van der Waals surface area (Å²) in [5.41, 5.74) is 0.272. The Morgan fingerprint density at radius 1 is 0.963 bits per heavy atom. The fraction of sp³-hybridized carbons (Fsp3) is 0.250. The number of rotatable bonds is 6. The van der Waals surface area contributed by atoms with Gasteiger partial charge in [0.05, 0.1) is 0 Å². The molecule has 0 heterocycles. The third-order valence-electron chi connectivity index (χ3n) is 4.46. The molecule has 1 aliphatic carbocycles. The molecule has 0 bridgehead atoms. The van der Waals surface area contributed by atoms with Crippen molar-refractivity contribution < 1.29 is 18.8 Å². The van der Waals surface area contributed by atoms with Crippen molar-refractivity contribution in [2.24, 2.45) is 5.41 Å². The zero-order valence-corrected chi connectivity index (χ0v) is 14.8. The van der Waals surface area contributed by atoms with Gasteiger partial charge in [-0.3, -0.25) is 14.4 Å². The Hall–Kier alpha value is -3.22. The van der Waals surface area contributed by atoms with Gasteiger partial charge in [0.1, 0.15) is 11.2 Å². The van der Waals surface area contributed by atoms with Crippen molar-refractivity contribution >= 4 is 29.1 Å². The minimum atomic E-state index is -1.13. The normalized spacial score (nSPS) is 14.1. The summed E-state index contributed by atoms with van der Waals surface area (Å²) in [6.45, 7) is 1.42. The molecular formula is C20H20FN3O3. The maximum Gasteiger partial charge on any atom is 0.240 e. The third kappa shape index (κ3) is 4.31. The predicted octanol–water partition coefficient (Wildman–Crippen LogP) is 2.82. The summed E-state index contributed by atoms with van der Waals surface area (Å²) in [5.74, 6) is -1.44. The maximum absolute atomic E-state index is 13.7. The van der Waals surface area contributed by atoms with Crippen LogP contribution in [0, 0.1) is 11.2 Å². The van der Waals surface area contributed by atoms with Crippen LogP contribution in [-0.4, -0.2) is 17.7 Å². The molecule has 0 saturated heterocycles. The van der Waals surface area contributed by atoms with E-state index in [2.05, 4.69) is 16.0 Å². The molecule has 1 aliphatic rings. The first kappa shape index (κ1) is 18.6. The van der Waals surface area contributed by atoms with E-state index in [1.165, 1.54) is 13.0 Å². The molecule has 6 nitrogen and oxygen atoms in total. The van der Waals surface area contributed by atoms with E-state index in [9.17, 15) is 18.8 Å². The van der Waals surface area contributed by atoms with Gasteiger partial charge in [-0.05, 0) is 37.1 Å². The molecular weight excluding hydrogens is 349 g/mol. The van der Waals surface area contributed by atoms with Crippen molar-refractivity contribution in [1.29, 1.82) is 0 Å². The summed E-state index contributed by atoms with van der Waals surface area (Å²) in [6.07, 6.45) is 0.876. The largest absolute Gasteiger partial charge is 0.351 e. The number of nitrogens with one attached hydrogen (secondary N) is 3. The van der Waals surface area contributed by atoms with Crippen molar-refractivity contribution in [3.05, 3.63) is 59.9 Å². The highest BCUT2D eigenvalue weighted by Crippen LogP contribution is 2.47. The Labute approximate surface area is 156 Å². The maximum atomic E-state index is 13.7. The Morgan fingerprint density at radius 2 is 1.63 bits per heavy atom. The summed E-state index contributed by atoms with van der Waals surface area (Å²) in [7, 11) is 0. The van der Waals surface area contributed by atoms with Gasteiger partial charge in [0.15, 0.2) is 0 Å². The van der Waals surface area contributed by atoms with Gasteiger partial charge < -0.3 is 16.0 Å². The number of carbonyl (C=O) groups excluding carboxylic acids is 3. The molecule has 1 saturated carbocycles. The summed E-state index contributed by atoms with van der Waals surface area (Å²) in [4.78, 5) is 36.3. The standard InChI is InChI=1S/C20H20FN3O3/c1-13(25)23-15-6-4-7-16(11-15)24-19(27)20(9-10-20)18(26)22-12-14-5-2-3-8-17(14)21/h2-8,11H,9-10,12H2,1H3,(H,22,26)(H,23,25)(H,24,27). The van der Waals surface area contributed by atoms with Crippen LogP contribution in [0.2, 0.25) is 0 Å². The Bertz CT molecular complexity index is 894. The second-order valence-electron chi connectivity index (χ2n) is 6.57. The monoisotopic (exact) mass is 369 g/mol. The lowest BCUT2D eigenvalue weighted by Gasteiger charge is -2.16. The lowest BCUT2D eigenvalue weighted by atomic mass is 10.0. The van der Waals surface area contributed by atoms with E-state index in [4.69, 9.17) is 0 Å². The van der Waals surface area contributed by atoms with Gasteiger partial charge in [-0.15, -0.1) is 0 Å². The number of amides is 3. The van der Waals surface area contributed by atoms with Gasteiger partial charge in [-0.1, -0.05) is 24.3 Å². The van der Waals surface area contributed by atoms with Crippen molar-refractivity contribution in [2.45, 2.75) is 26.3 Å². The zero-order valence-electron chi connectivity index (χ0n) is 14.8. The van der Waals surface area contributed by atoms with Crippen LogP contribution in [0.25, 0.3) is 0 Å². The Kier molecular flexibility index (Phi) is 5.21. The van der Waals surface area contributed by atoms with Gasteiger partial charge in [0.25, 0.3) is 0 Å². The number of halogens is 1. The van der Waals surface area contributed by atoms with Crippen LogP contribution in [0.3, 0.4) is 0 Å². The molecule has 140 valence electrons. The van der Waals surface area contributed by atoms with E-state index in [-0.39, 0.29) is 12.5 Å². The van der Waals surface area contributed by atoms with Crippen LogP contribution >= 0.6 is 0 Å². The molecule has 0 aliphatic heterocycles. The highest BCUT2D eigenvalue weighted by Gasteiger charge is 2.56. The van der Waals surface area contributed by atoms with Gasteiger partial charge in [-0.25, -0.2) is 4.39 Å². The minimum absolute atomic E-state index is 0.0263. The van der Waals surface area contributed by atoms with Crippen LogP contribution < -0.4 is 16.0 Å². The number of carbonyl (C=O) groups is 3. The number of hydrogen-bond acceptors (Lipinski definition) is 3. The first-order valence-corrected chi connectivity index (χ1v) is 8.61. The fourth-order valence-electron chi connectivity index (χ4n) is 2.80. The predicted molar refractivity (Wildman–Crippen MR) is 99.3 cm³/mol. The second-order valence-corrected chi connectivity index (χ2v) is 6.57. The first-order chi connectivity index (χ1) is 12.9. The minimum Gasteiger partial charge on any atom is -0.351 e. The van der Waals surface area contributed by atoms with E-state index < -0.39 is 23.0 Å². The number of hydrogen-bond donors (Lipinski definition) is 3. The van der Waals surface area contributed by atoms with Gasteiger partial charge in [-0.2, -0.15) is 0 Å². The summed E-state index contributed by atoms with van der Waals surface area (Å²) >= 11 is 0. The molecule has 2 aromatic carbocycles. The molecule has 0 radical (unpaired) electrons. The third-order valence-corrected chi connectivity index (χ3v) is 4.46. The van der Waals surface area contributed by atoms with Crippen LogP contribution in [-0.2, 0) is 20.9 Å². The summed E-state index contributed by atoms with van der Waals surface area (Å²) in [6, 6.07) is 12.9. The Morgan fingerprint density at radius 3 is 2.26 bits per heavy atom. The molecule has 0 atom stereocenters. The van der Waals surface area contributed by atoms with Crippen molar-refractivity contribution in [3.8, 4) is 0 Å². The highest BCUT2D eigenvalue weighted by molar-refractivity contribution is 6.13. The first-order valence-electron chi connectivity index (χ1n) is 8.61. The van der Waals surface area contributed by atoms with Crippen LogP contribution in [0.5, 0.6) is 0 Å². The quantitative estimate of drug-likeness (QED) is 0.684. The molecule has 3 amide bonds. The van der Waals surface area contributed by atoms with Crippen LogP contribution in [0.4, 0.5) is 15.8 Å². The zero-order chi connectivity index (χ0) is 19.4. The average molecular weight is 369 g/mol. The molecule has 27 heavy (non-hydrogen) atoms. The molecule has 7 heteroatoms. The van der Waals surface area contributed by atoms with Crippen molar-refractivity contribution in [2.75, 3.05) is 10.6 Å². The lowest BCUT2D eigenvalue weighted by molar-refractivity contribution is -0.134. The highest BCUT2D eigenvalue weighted by atomic mass is 19.1. The van der Waals surface area contributed by atoms with Crippen molar-refractivity contribution in [3.63, 3.8) is 0 Å². The van der Waals surface area contributed by atoms with Gasteiger partial charge in [0, 0.05) is 30.4 Å². The Balaban J connectivity index is 1.63. The molecule has 0 spiro atoms. The van der Waals surface area contributed by atoms with Crippen LogP contribution in [0.15, 0.2) is 48.5 Å². The molecule has 0 aromatic heterocycles. The van der Waals surface area contributed by atoms with E-state index in [0.717, 1.165) is 0 Å². The summed E-state index contributed by atoms with van der Waals surface area (Å²) in [5, 5.41) is 8.01. The van der Waals surface area contributed by atoms with E-state index in [1.807, 2.05) is 0 Å². The fourth-order valence-corrected chi connectivity index (χ4v) is 2.80. The molecule has 1 fully saturated rings. The summed E-state index contributed by atoms with van der Waals surface area (Å²) < 4.78 is 13.7. The van der Waals surface area contributed by atoms with E-state index in [1.54, 1.807) is 42.5 Å².